The van der Waals surface area contributed by atoms with Crippen LogP contribution in [0.15, 0.2) is 23.4 Å². The summed E-state index contributed by atoms with van der Waals surface area (Å²) in [6.45, 7) is 1.58. The first kappa shape index (κ1) is 15.3. The third-order valence-corrected chi connectivity index (χ3v) is 3.55. The highest BCUT2D eigenvalue weighted by atomic mass is 32.2. The Hall–Kier alpha value is -2.13. The van der Waals surface area contributed by atoms with E-state index in [1.54, 1.807) is 13.0 Å². The molecule has 0 fully saturated rings. The summed E-state index contributed by atoms with van der Waals surface area (Å²) in [5, 5.41) is 22.7. The Labute approximate surface area is 124 Å². The molecule has 0 saturated carbocycles. The van der Waals surface area contributed by atoms with Crippen molar-refractivity contribution in [2.45, 2.75) is 18.1 Å². The molecule has 1 aromatic carbocycles. The van der Waals surface area contributed by atoms with Gasteiger partial charge in [-0.05, 0) is 13.0 Å². The maximum atomic E-state index is 11.6. The zero-order chi connectivity index (χ0) is 15.4. The second-order valence-electron chi connectivity index (χ2n) is 4.44. The lowest BCUT2D eigenvalue weighted by molar-refractivity contribution is -0.384. The van der Waals surface area contributed by atoms with E-state index in [1.807, 2.05) is 0 Å². The van der Waals surface area contributed by atoms with Gasteiger partial charge in [0.15, 0.2) is 5.16 Å². The number of nitrogens with one attached hydrogen (secondary N) is 2. The molecule has 1 atom stereocenters. The van der Waals surface area contributed by atoms with E-state index >= 15 is 0 Å². The molecule has 21 heavy (non-hydrogen) atoms. The summed E-state index contributed by atoms with van der Waals surface area (Å²) in [6, 6.07) is 4.05. The maximum Gasteiger partial charge on any atom is 0.271 e. The number of imidazole rings is 1. The summed E-state index contributed by atoms with van der Waals surface area (Å²) < 4.78 is 0. The quantitative estimate of drug-likeness (QED) is 0.417. The summed E-state index contributed by atoms with van der Waals surface area (Å²) in [5.41, 5.74) is 1.14. The highest BCUT2D eigenvalue weighted by molar-refractivity contribution is 7.99. The largest absolute Gasteiger partial charge is 0.394 e. The summed E-state index contributed by atoms with van der Waals surface area (Å²) >= 11 is 1.19. The van der Waals surface area contributed by atoms with Gasteiger partial charge in [0, 0.05) is 18.2 Å². The molecular weight excluding hydrogens is 296 g/mol. The van der Waals surface area contributed by atoms with Crippen LogP contribution in [-0.4, -0.2) is 44.3 Å². The van der Waals surface area contributed by atoms with Gasteiger partial charge in [-0.15, -0.1) is 0 Å². The van der Waals surface area contributed by atoms with Crippen LogP contribution >= 0.6 is 11.8 Å². The van der Waals surface area contributed by atoms with Crippen molar-refractivity contribution in [2.75, 3.05) is 12.4 Å². The molecule has 0 spiro atoms. The number of nitro groups is 1. The fraction of sp³-hybridized carbons (Fsp3) is 0.333. The van der Waals surface area contributed by atoms with Gasteiger partial charge in [-0.1, -0.05) is 11.8 Å². The van der Waals surface area contributed by atoms with Crippen molar-refractivity contribution < 1.29 is 14.8 Å². The van der Waals surface area contributed by atoms with Gasteiger partial charge in [-0.3, -0.25) is 14.9 Å². The number of thioether (sulfide) groups is 1. The van der Waals surface area contributed by atoms with E-state index in [-0.39, 0.29) is 30.0 Å². The first-order chi connectivity index (χ1) is 9.99. The van der Waals surface area contributed by atoms with Gasteiger partial charge in [0.2, 0.25) is 5.91 Å². The fourth-order valence-corrected chi connectivity index (χ4v) is 2.35. The van der Waals surface area contributed by atoms with Crippen LogP contribution in [0, 0.1) is 10.1 Å². The molecule has 0 aliphatic carbocycles. The van der Waals surface area contributed by atoms with Gasteiger partial charge in [-0.25, -0.2) is 4.98 Å². The molecule has 0 aliphatic heterocycles. The predicted molar refractivity (Wildman–Crippen MR) is 78.2 cm³/mol. The summed E-state index contributed by atoms with van der Waals surface area (Å²) in [5.74, 6) is -0.0697. The number of fused-ring (bicyclic) bond motifs is 1. The molecule has 8 nitrogen and oxygen atoms in total. The Kier molecular flexibility index (Phi) is 4.76. The van der Waals surface area contributed by atoms with Crippen molar-refractivity contribution in [1.82, 2.24) is 15.3 Å². The lowest BCUT2D eigenvalue weighted by atomic mass is 10.3. The Morgan fingerprint density at radius 1 is 1.62 bits per heavy atom. The van der Waals surface area contributed by atoms with Crippen molar-refractivity contribution >= 4 is 34.4 Å². The van der Waals surface area contributed by atoms with E-state index in [9.17, 15) is 14.9 Å². The van der Waals surface area contributed by atoms with Crippen molar-refractivity contribution in [2.24, 2.45) is 0 Å². The number of carbonyl (C=O) groups excluding carboxylic acids is 1. The van der Waals surface area contributed by atoms with Crippen molar-refractivity contribution in [1.29, 1.82) is 0 Å². The fourth-order valence-electron chi connectivity index (χ4n) is 1.65. The number of hydrogen-bond donors (Lipinski definition) is 3. The second kappa shape index (κ2) is 6.55. The SMILES string of the molecule is CC(CO)NC(=O)CSc1nc2ccc([N+](=O)[O-])cc2[nH]1. The molecule has 0 bridgehead atoms. The van der Waals surface area contributed by atoms with Crippen molar-refractivity contribution in [3.8, 4) is 0 Å². The van der Waals surface area contributed by atoms with Crippen LogP contribution < -0.4 is 5.32 Å². The number of non-ortho nitro benzene ring substituents is 1. The number of benzene rings is 1. The first-order valence-electron chi connectivity index (χ1n) is 6.16. The lowest BCUT2D eigenvalue weighted by Crippen LogP contribution is -2.36. The molecule has 9 heteroatoms. The average molecular weight is 310 g/mol. The number of H-pyrrole nitrogens is 1. The zero-order valence-corrected chi connectivity index (χ0v) is 12.0. The molecule has 3 N–H and O–H groups in total. The van der Waals surface area contributed by atoms with Gasteiger partial charge < -0.3 is 15.4 Å². The molecule has 1 amide bonds. The van der Waals surface area contributed by atoms with Gasteiger partial charge in [0.1, 0.15) is 0 Å². The Morgan fingerprint density at radius 3 is 3.05 bits per heavy atom. The predicted octanol–water partition coefficient (Wildman–Crippen LogP) is 1.06. The average Bonchev–Trinajstić information content (AvgIpc) is 2.86. The summed E-state index contributed by atoms with van der Waals surface area (Å²) in [6.07, 6.45) is 0. The van der Waals surface area contributed by atoms with Crippen LogP contribution in [0.2, 0.25) is 0 Å². The number of nitrogens with zero attached hydrogens (tertiary/aromatic N) is 2. The summed E-state index contributed by atoms with van der Waals surface area (Å²) in [4.78, 5) is 29.0. The highest BCUT2D eigenvalue weighted by Gasteiger charge is 2.12. The number of amides is 1. The molecular formula is C12H14N4O4S. The van der Waals surface area contributed by atoms with E-state index in [0.29, 0.717) is 16.2 Å². The molecule has 2 aromatic rings. The Balaban J connectivity index is 2.03. The lowest BCUT2D eigenvalue weighted by Gasteiger charge is -2.09. The molecule has 1 unspecified atom stereocenters. The van der Waals surface area contributed by atoms with Crippen molar-refractivity contribution in [3.05, 3.63) is 28.3 Å². The number of nitro benzene ring substituents is 1. The Morgan fingerprint density at radius 2 is 2.38 bits per heavy atom. The number of aromatic nitrogens is 2. The van der Waals surface area contributed by atoms with Gasteiger partial charge in [0.25, 0.3) is 5.69 Å². The molecule has 0 radical (unpaired) electrons. The highest BCUT2D eigenvalue weighted by Crippen LogP contribution is 2.22. The minimum absolute atomic E-state index is 0.0165. The van der Waals surface area contributed by atoms with E-state index in [0.717, 1.165) is 0 Å². The van der Waals surface area contributed by atoms with Crippen LogP contribution in [0.5, 0.6) is 0 Å². The number of aromatic amines is 1. The topological polar surface area (TPSA) is 121 Å². The summed E-state index contributed by atoms with van der Waals surface area (Å²) in [7, 11) is 0. The van der Waals surface area contributed by atoms with E-state index in [2.05, 4.69) is 15.3 Å². The second-order valence-corrected chi connectivity index (χ2v) is 5.40. The van der Waals surface area contributed by atoms with Gasteiger partial charge in [0.05, 0.1) is 28.3 Å². The molecule has 0 saturated heterocycles. The molecule has 1 aromatic heterocycles. The van der Waals surface area contributed by atoms with Gasteiger partial charge in [-0.2, -0.15) is 0 Å². The number of aliphatic hydroxyl groups excluding tert-OH is 1. The Bertz CT molecular complexity index is 672. The van der Waals surface area contributed by atoms with Crippen LogP contribution in [0.3, 0.4) is 0 Å². The third kappa shape index (κ3) is 3.92. The smallest absolute Gasteiger partial charge is 0.271 e. The minimum atomic E-state index is -0.475. The number of rotatable bonds is 6. The van der Waals surface area contributed by atoms with E-state index in [4.69, 9.17) is 5.11 Å². The maximum absolute atomic E-state index is 11.6. The van der Waals surface area contributed by atoms with E-state index in [1.165, 1.54) is 23.9 Å². The van der Waals surface area contributed by atoms with Gasteiger partial charge >= 0.3 is 0 Å². The third-order valence-electron chi connectivity index (χ3n) is 2.68. The number of hydrogen-bond acceptors (Lipinski definition) is 6. The van der Waals surface area contributed by atoms with Crippen LogP contribution in [0.25, 0.3) is 11.0 Å². The molecule has 2 rings (SSSR count). The number of aliphatic hydroxyl groups is 1. The van der Waals surface area contributed by atoms with Crippen LogP contribution in [-0.2, 0) is 4.79 Å². The zero-order valence-electron chi connectivity index (χ0n) is 11.2. The standard InChI is InChI=1S/C12H14N4O4S/c1-7(5-17)13-11(18)6-21-12-14-9-3-2-8(16(19)20)4-10(9)15-12/h2-4,7,17H,5-6H2,1H3,(H,13,18)(H,14,15). The van der Waals surface area contributed by atoms with Crippen molar-refractivity contribution in [3.63, 3.8) is 0 Å². The minimum Gasteiger partial charge on any atom is -0.394 e. The molecule has 1 heterocycles. The van der Waals surface area contributed by atoms with Crippen LogP contribution in [0.4, 0.5) is 5.69 Å². The molecule has 0 aliphatic rings. The molecule has 112 valence electrons. The monoisotopic (exact) mass is 310 g/mol. The van der Waals surface area contributed by atoms with E-state index < -0.39 is 4.92 Å². The number of carbonyl (C=O) groups is 1. The van der Waals surface area contributed by atoms with Crippen LogP contribution in [0.1, 0.15) is 6.92 Å². The first-order valence-corrected chi connectivity index (χ1v) is 7.15. The normalized spacial score (nSPS) is 12.3.